The molecular weight excluding hydrogens is 468 g/mol. The molecule has 1 N–H and O–H groups in total. The van der Waals surface area contributed by atoms with Crippen LogP contribution < -0.4 is 9.64 Å². The van der Waals surface area contributed by atoms with E-state index < -0.39 is 12.0 Å². The number of methoxy groups -OCH3 is 1. The lowest BCUT2D eigenvalue weighted by Gasteiger charge is -2.35. The summed E-state index contributed by atoms with van der Waals surface area (Å²) in [4.78, 5) is 22.2. The number of carbonyl (C=O) groups excluding carboxylic acids is 1. The number of carbonyl (C=O) groups is 1. The van der Waals surface area contributed by atoms with E-state index >= 15 is 0 Å². The maximum atomic E-state index is 13.6. The number of anilines is 1. The van der Waals surface area contributed by atoms with Crippen LogP contribution >= 0.6 is 11.6 Å². The lowest BCUT2D eigenvalue weighted by molar-refractivity contribution is 0.0602. The summed E-state index contributed by atoms with van der Waals surface area (Å²) in [5.41, 5.74) is 2.78. The molecular formula is C25H27ClN6O3. The molecule has 35 heavy (non-hydrogen) atoms. The van der Waals surface area contributed by atoms with Gasteiger partial charge in [-0.25, -0.2) is 9.50 Å². The number of benzene rings is 1. The molecule has 9 nitrogen and oxygen atoms in total. The molecule has 2 aliphatic heterocycles. The zero-order chi connectivity index (χ0) is 24.7. The van der Waals surface area contributed by atoms with E-state index in [0.717, 1.165) is 36.3 Å². The summed E-state index contributed by atoms with van der Waals surface area (Å²) in [6, 6.07) is 8.95. The van der Waals surface area contributed by atoms with Crippen molar-refractivity contribution in [2.45, 2.75) is 38.3 Å². The Morgan fingerprint density at radius 1 is 1.29 bits per heavy atom. The molecule has 4 heterocycles. The lowest BCUT2D eigenvalue weighted by atomic mass is 9.98. The minimum atomic E-state index is -0.691. The standard InChI is InChI=1S/C25H27ClN6O3/c1-15-12-32-23(28-24(15)30-13-16(11-27)21(33)14-30)10-19(29-32)20-5-3-4-8-31(20)25(34)18-9-17(26)6-7-22(18)35-2/h6-7,9-10,12,16,20-21,33H,3-5,8,13-14H2,1-2H3. The molecule has 1 amide bonds. The number of piperidine rings is 1. The Labute approximate surface area is 208 Å². The van der Waals surface area contributed by atoms with Gasteiger partial charge in [0, 0.05) is 42.5 Å². The van der Waals surface area contributed by atoms with Gasteiger partial charge in [-0.05, 0) is 44.4 Å². The Balaban J connectivity index is 1.47. The Bertz CT molecular complexity index is 1320. The van der Waals surface area contributed by atoms with E-state index in [0.29, 0.717) is 41.6 Å². The summed E-state index contributed by atoms with van der Waals surface area (Å²) in [7, 11) is 1.54. The van der Waals surface area contributed by atoms with Gasteiger partial charge >= 0.3 is 0 Å². The molecule has 0 saturated carbocycles. The van der Waals surface area contributed by atoms with Crippen molar-refractivity contribution in [2.24, 2.45) is 5.92 Å². The molecule has 2 saturated heterocycles. The average molecular weight is 495 g/mol. The third kappa shape index (κ3) is 4.28. The highest BCUT2D eigenvalue weighted by Gasteiger charge is 2.34. The Morgan fingerprint density at radius 2 is 2.11 bits per heavy atom. The van der Waals surface area contributed by atoms with E-state index in [9.17, 15) is 15.2 Å². The van der Waals surface area contributed by atoms with Gasteiger partial charge < -0.3 is 19.6 Å². The quantitative estimate of drug-likeness (QED) is 0.592. The largest absolute Gasteiger partial charge is 0.496 e. The van der Waals surface area contributed by atoms with Crippen LogP contribution in [0.2, 0.25) is 5.02 Å². The zero-order valence-electron chi connectivity index (χ0n) is 19.7. The molecule has 3 aromatic rings. The number of nitrogens with zero attached hydrogens (tertiary/aromatic N) is 6. The zero-order valence-corrected chi connectivity index (χ0v) is 20.4. The van der Waals surface area contributed by atoms with Crippen LogP contribution in [-0.2, 0) is 0 Å². The first-order chi connectivity index (χ1) is 16.9. The molecule has 1 aromatic carbocycles. The molecule has 0 bridgehead atoms. The first-order valence-corrected chi connectivity index (χ1v) is 12.1. The summed E-state index contributed by atoms with van der Waals surface area (Å²) in [6.45, 7) is 3.37. The molecule has 2 aromatic heterocycles. The average Bonchev–Trinajstić information content (AvgIpc) is 3.45. The number of aryl methyl sites for hydroxylation is 1. The lowest BCUT2D eigenvalue weighted by Crippen LogP contribution is -2.38. The smallest absolute Gasteiger partial charge is 0.258 e. The summed E-state index contributed by atoms with van der Waals surface area (Å²) in [6.07, 6.45) is 3.92. The fourth-order valence-corrected chi connectivity index (χ4v) is 5.24. The van der Waals surface area contributed by atoms with Gasteiger partial charge in [0.1, 0.15) is 11.6 Å². The van der Waals surface area contributed by atoms with Crippen LogP contribution in [-0.4, -0.2) is 63.4 Å². The SMILES string of the molecule is COc1ccc(Cl)cc1C(=O)N1CCCCC1c1cc2nc(N3CC(O)C(C#N)C3)c(C)cn2n1. The van der Waals surface area contributed by atoms with Crippen LogP contribution in [0.1, 0.15) is 46.9 Å². The second-order valence-electron chi connectivity index (χ2n) is 9.18. The maximum absolute atomic E-state index is 13.6. The van der Waals surface area contributed by atoms with Crippen molar-refractivity contribution in [3.05, 3.63) is 52.3 Å². The van der Waals surface area contributed by atoms with Gasteiger partial charge in [-0.15, -0.1) is 0 Å². The molecule has 10 heteroatoms. The second-order valence-corrected chi connectivity index (χ2v) is 9.62. The monoisotopic (exact) mass is 494 g/mol. The van der Waals surface area contributed by atoms with Crippen molar-refractivity contribution in [2.75, 3.05) is 31.6 Å². The van der Waals surface area contributed by atoms with Gasteiger partial charge in [-0.1, -0.05) is 11.6 Å². The van der Waals surface area contributed by atoms with Gasteiger partial charge in [-0.3, -0.25) is 4.79 Å². The summed E-state index contributed by atoms with van der Waals surface area (Å²) < 4.78 is 7.16. The van der Waals surface area contributed by atoms with E-state index in [1.54, 1.807) is 29.8 Å². The van der Waals surface area contributed by atoms with Crippen LogP contribution in [0.4, 0.5) is 5.82 Å². The first-order valence-electron chi connectivity index (χ1n) is 11.7. The van der Waals surface area contributed by atoms with E-state index in [2.05, 4.69) is 6.07 Å². The van der Waals surface area contributed by atoms with E-state index in [-0.39, 0.29) is 11.9 Å². The number of hydrogen-bond donors (Lipinski definition) is 1. The van der Waals surface area contributed by atoms with E-state index in [1.165, 1.54) is 0 Å². The molecule has 0 spiro atoms. The summed E-state index contributed by atoms with van der Waals surface area (Å²) in [5, 5.41) is 24.7. The highest BCUT2D eigenvalue weighted by atomic mass is 35.5. The minimum Gasteiger partial charge on any atom is -0.496 e. The Morgan fingerprint density at radius 3 is 2.86 bits per heavy atom. The third-order valence-corrected chi connectivity index (χ3v) is 7.11. The highest BCUT2D eigenvalue weighted by Crippen LogP contribution is 2.35. The molecule has 3 unspecified atom stereocenters. The summed E-state index contributed by atoms with van der Waals surface area (Å²) >= 11 is 6.19. The number of nitriles is 1. The predicted molar refractivity (Wildman–Crippen MR) is 131 cm³/mol. The normalized spacial score (nSPS) is 22.4. The number of amides is 1. The number of ether oxygens (including phenoxy) is 1. The second kappa shape index (κ2) is 9.36. The molecule has 0 aliphatic carbocycles. The van der Waals surface area contributed by atoms with Gasteiger partial charge in [-0.2, -0.15) is 10.4 Å². The molecule has 5 rings (SSSR count). The number of halogens is 1. The van der Waals surface area contributed by atoms with Crippen molar-refractivity contribution in [3.8, 4) is 11.8 Å². The van der Waals surface area contributed by atoms with Gasteiger partial charge in [0.15, 0.2) is 5.65 Å². The molecule has 182 valence electrons. The Kier molecular flexibility index (Phi) is 6.26. The number of aliphatic hydroxyl groups is 1. The van der Waals surface area contributed by atoms with Crippen LogP contribution in [0.5, 0.6) is 5.75 Å². The van der Waals surface area contributed by atoms with Crippen molar-refractivity contribution in [1.82, 2.24) is 19.5 Å². The summed E-state index contributed by atoms with van der Waals surface area (Å²) in [5.74, 6) is 0.660. The number of aliphatic hydroxyl groups excluding tert-OH is 1. The van der Waals surface area contributed by atoms with Crippen molar-refractivity contribution < 1.29 is 14.6 Å². The minimum absolute atomic E-state index is 0.135. The van der Waals surface area contributed by atoms with Crippen molar-refractivity contribution in [3.63, 3.8) is 0 Å². The van der Waals surface area contributed by atoms with E-state index in [4.69, 9.17) is 26.4 Å². The maximum Gasteiger partial charge on any atom is 0.258 e. The number of rotatable bonds is 4. The number of likely N-dealkylation sites (tertiary alicyclic amines) is 1. The molecule has 3 atom stereocenters. The van der Waals surface area contributed by atoms with Crippen LogP contribution in [0.3, 0.4) is 0 Å². The van der Waals surface area contributed by atoms with Gasteiger partial charge in [0.05, 0.1) is 42.5 Å². The van der Waals surface area contributed by atoms with Crippen LogP contribution in [0.25, 0.3) is 5.65 Å². The first kappa shape index (κ1) is 23.4. The van der Waals surface area contributed by atoms with Gasteiger partial charge in [0.25, 0.3) is 5.91 Å². The fourth-order valence-electron chi connectivity index (χ4n) is 5.07. The van der Waals surface area contributed by atoms with Crippen LogP contribution in [0.15, 0.2) is 30.5 Å². The van der Waals surface area contributed by atoms with Crippen molar-refractivity contribution in [1.29, 1.82) is 5.26 Å². The molecule has 2 fully saturated rings. The predicted octanol–water partition coefficient (Wildman–Crippen LogP) is 3.39. The van der Waals surface area contributed by atoms with E-state index in [1.807, 2.05) is 29.0 Å². The fraction of sp³-hybridized carbons (Fsp3) is 0.440. The third-order valence-electron chi connectivity index (χ3n) is 6.88. The topological polar surface area (TPSA) is 107 Å². The van der Waals surface area contributed by atoms with Crippen molar-refractivity contribution >= 4 is 29.0 Å². The number of fused-ring (bicyclic) bond motifs is 1. The number of hydrogen-bond acceptors (Lipinski definition) is 7. The number of β-amino-alcohol motifs (C(OH)–C–C–N with tert-alkyl or cyclic N) is 1. The van der Waals surface area contributed by atoms with Crippen LogP contribution in [0, 0.1) is 24.2 Å². The van der Waals surface area contributed by atoms with Gasteiger partial charge in [0.2, 0.25) is 0 Å². The molecule has 2 aliphatic rings. The number of aromatic nitrogens is 3. The highest BCUT2D eigenvalue weighted by molar-refractivity contribution is 6.31. The Hall–Kier alpha value is -3.35. The molecule has 0 radical (unpaired) electrons.